The van der Waals surface area contributed by atoms with Gasteiger partial charge in [0.05, 0.1) is 0 Å². The van der Waals surface area contributed by atoms with Gasteiger partial charge in [-0.3, -0.25) is 9.69 Å². The van der Waals surface area contributed by atoms with E-state index in [9.17, 15) is 9.18 Å². The molecule has 2 nitrogen and oxygen atoms in total. The molecule has 0 aromatic heterocycles. The second kappa shape index (κ2) is 4.71. The monoisotopic (exact) mass is 209 g/mol. The van der Waals surface area contributed by atoms with Gasteiger partial charge in [-0.05, 0) is 18.4 Å². The Hall–Kier alpha value is -0.960. The van der Waals surface area contributed by atoms with Gasteiger partial charge in [-0.1, -0.05) is 18.2 Å². The molecule has 82 valence electrons. The van der Waals surface area contributed by atoms with Crippen molar-refractivity contribution in [3.63, 3.8) is 0 Å². The Morgan fingerprint density at radius 1 is 1.47 bits per heavy atom. The molecule has 0 aromatic carbocycles. The molecule has 3 heteroatoms. The number of hydrogen-bond acceptors (Lipinski definition) is 2. The fourth-order valence-electron chi connectivity index (χ4n) is 2.03. The fourth-order valence-corrected chi connectivity index (χ4v) is 2.03. The Morgan fingerprint density at radius 2 is 2.33 bits per heavy atom. The number of ketones is 1. The molecule has 0 spiro atoms. The van der Waals surface area contributed by atoms with Crippen LogP contribution in [0, 0.1) is 0 Å². The van der Waals surface area contributed by atoms with E-state index in [0.717, 1.165) is 19.4 Å². The van der Waals surface area contributed by atoms with E-state index in [2.05, 4.69) is 18.2 Å². The zero-order valence-electron chi connectivity index (χ0n) is 8.79. The maximum atomic E-state index is 13.2. The molecule has 15 heavy (non-hydrogen) atoms. The average Bonchev–Trinajstić information content (AvgIpc) is 2.25. The van der Waals surface area contributed by atoms with Crippen LogP contribution in [0.3, 0.4) is 0 Å². The first-order chi connectivity index (χ1) is 7.25. The van der Waals surface area contributed by atoms with Crippen LogP contribution in [0.4, 0.5) is 4.39 Å². The third kappa shape index (κ3) is 2.75. The highest BCUT2D eigenvalue weighted by atomic mass is 19.1. The van der Waals surface area contributed by atoms with Crippen LogP contribution in [-0.2, 0) is 4.79 Å². The van der Waals surface area contributed by atoms with Crippen LogP contribution in [0.25, 0.3) is 0 Å². The number of piperidine rings is 1. The minimum atomic E-state index is -1.27. The molecule has 1 unspecified atom stereocenters. The van der Waals surface area contributed by atoms with E-state index in [1.54, 1.807) is 0 Å². The number of halogens is 1. The molecule has 0 saturated carbocycles. The lowest BCUT2D eigenvalue weighted by Crippen LogP contribution is -2.42. The predicted molar refractivity (Wildman–Crippen MR) is 57.4 cm³/mol. The van der Waals surface area contributed by atoms with Gasteiger partial charge in [-0.15, -0.1) is 0 Å². The summed E-state index contributed by atoms with van der Waals surface area (Å²) in [5.41, 5.74) is 1.25. The van der Waals surface area contributed by atoms with Gasteiger partial charge in [0.1, 0.15) is 0 Å². The fraction of sp³-hybridized carbons (Fsp3) is 0.583. The summed E-state index contributed by atoms with van der Waals surface area (Å²) < 4.78 is 13.2. The third-order valence-corrected chi connectivity index (χ3v) is 2.92. The minimum Gasteiger partial charge on any atom is -0.296 e. The molecule has 0 radical (unpaired) electrons. The van der Waals surface area contributed by atoms with Crippen LogP contribution >= 0.6 is 0 Å². The van der Waals surface area contributed by atoms with Crippen molar-refractivity contribution in [2.75, 3.05) is 19.6 Å². The molecule has 2 aliphatic rings. The molecule has 2 rings (SSSR count). The first-order valence-electron chi connectivity index (χ1n) is 5.50. The summed E-state index contributed by atoms with van der Waals surface area (Å²) in [6.07, 6.45) is 7.73. The van der Waals surface area contributed by atoms with Gasteiger partial charge in [0, 0.05) is 26.1 Å². The van der Waals surface area contributed by atoms with Gasteiger partial charge in [-0.25, -0.2) is 4.39 Å². The van der Waals surface area contributed by atoms with E-state index in [4.69, 9.17) is 0 Å². The van der Waals surface area contributed by atoms with Crippen molar-refractivity contribution in [3.05, 3.63) is 23.8 Å². The Balaban J connectivity index is 1.87. The van der Waals surface area contributed by atoms with Gasteiger partial charge >= 0.3 is 0 Å². The van der Waals surface area contributed by atoms with Crippen molar-refractivity contribution in [3.8, 4) is 0 Å². The number of carbonyl (C=O) groups excluding carboxylic acids is 1. The van der Waals surface area contributed by atoms with Crippen LogP contribution in [0.15, 0.2) is 23.8 Å². The standard InChI is InChI=1S/C12H16FNO/c13-11-9-14(7-6-12(11)15)8-10-4-2-1-3-5-10/h2,4-5,11H,1,3,6-9H2. The van der Waals surface area contributed by atoms with Gasteiger partial charge in [0.25, 0.3) is 0 Å². The zero-order chi connectivity index (χ0) is 10.7. The molecule has 1 aliphatic heterocycles. The van der Waals surface area contributed by atoms with E-state index in [-0.39, 0.29) is 12.3 Å². The van der Waals surface area contributed by atoms with Crippen LogP contribution < -0.4 is 0 Å². The van der Waals surface area contributed by atoms with Crippen molar-refractivity contribution in [1.82, 2.24) is 4.90 Å². The van der Waals surface area contributed by atoms with Gasteiger partial charge in [0.2, 0.25) is 0 Å². The third-order valence-electron chi connectivity index (χ3n) is 2.92. The Bertz CT molecular complexity index is 309. The van der Waals surface area contributed by atoms with Gasteiger partial charge in [-0.2, -0.15) is 0 Å². The summed E-state index contributed by atoms with van der Waals surface area (Å²) in [5.74, 6) is -0.237. The molecular weight excluding hydrogens is 193 g/mol. The minimum absolute atomic E-state index is 0.237. The number of hydrogen-bond donors (Lipinski definition) is 0. The number of rotatable bonds is 2. The first-order valence-corrected chi connectivity index (χ1v) is 5.50. The van der Waals surface area contributed by atoms with E-state index in [1.807, 2.05) is 4.90 Å². The molecule has 0 N–H and O–H groups in total. The summed E-state index contributed by atoms with van der Waals surface area (Å²) in [4.78, 5) is 13.0. The number of Topliss-reactive ketones (excluding diaryl/α,β-unsaturated/α-hetero) is 1. The van der Waals surface area contributed by atoms with Gasteiger partial charge < -0.3 is 0 Å². The van der Waals surface area contributed by atoms with Gasteiger partial charge in [0.15, 0.2) is 12.0 Å². The number of alkyl halides is 1. The largest absolute Gasteiger partial charge is 0.296 e. The lowest BCUT2D eigenvalue weighted by molar-refractivity contribution is -0.127. The second-order valence-electron chi connectivity index (χ2n) is 4.18. The summed E-state index contributed by atoms with van der Waals surface area (Å²) in [5, 5.41) is 0. The summed E-state index contributed by atoms with van der Waals surface area (Å²) in [6.45, 7) is 1.75. The maximum Gasteiger partial charge on any atom is 0.171 e. The normalized spacial score (nSPS) is 27.9. The van der Waals surface area contributed by atoms with Crippen molar-refractivity contribution < 1.29 is 9.18 Å². The average molecular weight is 209 g/mol. The number of nitrogens with zero attached hydrogens (tertiary/aromatic N) is 1. The van der Waals surface area contributed by atoms with Crippen molar-refractivity contribution in [1.29, 1.82) is 0 Å². The van der Waals surface area contributed by atoms with Crippen molar-refractivity contribution in [2.24, 2.45) is 0 Å². The van der Waals surface area contributed by atoms with Crippen molar-refractivity contribution in [2.45, 2.75) is 25.4 Å². The first kappa shape index (κ1) is 10.6. The molecule has 1 aliphatic carbocycles. The van der Waals surface area contributed by atoms with E-state index < -0.39 is 6.17 Å². The maximum absolute atomic E-state index is 13.2. The smallest absolute Gasteiger partial charge is 0.171 e. The molecule has 0 aromatic rings. The second-order valence-corrected chi connectivity index (χ2v) is 4.18. The topological polar surface area (TPSA) is 20.3 Å². The molecular formula is C12H16FNO. The quantitative estimate of drug-likeness (QED) is 0.692. The Kier molecular flexibility index (Phi) is 3.31. The van der Waals surface area contributed by atoms with E-state index >= 15 is 0 Å². The number of likely N-dealkylation sites (tertiary alicyclic amines) is 1. The van der Waals surface area contributed by atoms with Crippen LogP contribution in [-0.4, -0.2) is 36.5 Å². The number of allylic oxidation sites excluding steroid dienone is 2. The molecule has 1 saturated heterocycles. The highest BCUT2D eigenvalue weighted by Gasteiger charge is 2.26. The Morgan fingerprint density at radius 3 is 3.00 bits per heavy atom. The molecule has 0 amide bonds. The summed E-state index contributed by atoms with van der Waals surface area (Å²) in [6, 6.07) is 0. The van der Waals surface area contributed by atoms with Crippen LogP contribution in [0.1, 0.15) is 19.3 Å². The van der Waals surface area contributed by atoms with Crippen LogP contribution in [0.5, 0.6) is 0 Å². The highest BCUT2D eigenvalue weighted by molar-refractivity contribution is 5.84. The lowest BCUT2D eigenvalue weighted by Gasteiger charge is -2.28. The number of carbonyl (C=O) groups is 1. The molecule has 0 bridgehead atoms. The van der Waals surface area contributed by atoms with Crippen molar-refractivity contribution >= 4 is 5.78 Å². The SMILES string of the molecule is O=C1CCN(CC2=CCCC=C2)CC1F. The molecule has 1 fully saturated rings. The highest BCUT2D eigenvalue weighted by Crippen LogP contribution is 2.15. The predicted octanol–water partition coefficient (Wildman–Crippen LogP) is 1.88. The zero-order valence-corrected chi connectivity index (χ0v) is 8.79. The van der Waals surface area contributed by atoms with Crippen LogP contribution in [0.2, 0.25) is 0 Å². The Labute approximate surface area is 89.4 Å². The molecule has 1 atom stereocenters. The van der Waals surface area contributed by atoms with E-state index in [0.29, 0.717) is 13.0 Å². The summed E-state index contributed by atoms with van der Waals surface area (Å²) >= 11 is 0. The summed E-state index contributed by atoms with van der Waals surface area (Å²) in [7, 11) is 0. The van der Waals surface area contributed by atoms with E-state index in [1.165, 1.54) is 5.57 Å². The molecule has 1 heterocycles. The lowest BCUT2D eigenvalue weighted by atomic mass is 10.0.